The van der Waals surface area contributed by atoms with Crippen molar-refractivity contribution in [1.82, 2.24) is 14.7 Å². The molecule has 2 heterocycles. The minimum absolute atomic E-state index is 0.226. The topological polar surface area (TPSA) is 30.3 Å². The Morgan fingerprint density at radius 2 is 2.14 bits per heavy atom. The van der Waals surface area contributed by atoms with E-state index in [0.29, 0.717) is 0 Å². The molecular formula is C17H21N3O. The number of aromatic nitrogens is 2. The zero-order valence-electron chi connectivity index (χ0n) is 12.1. The molecule has 110 valence electrons. The highest BCUT2D eigenvalue weighted by molar-refractivity contribution is 5.48. The third-order valence-electron chi connectivity index (χ3n) is 3.65. The van der Waals surface area contributed by atoms with Gasteiger partial charge in [-0.25, -0.2) is 0 Å². The first-order chi connectivity index (χ1) is 10.4. The van der Waals surface area contributed by atoms with E-state index in [1.807, 2.05) is 29.2 Å². The van der Waals surface area contributed by atoms with Gasteiger partial charge < -0.3 is 4.74 Å². The van der Waals surface area contributed by atoms with Crippen LogP contribution < -0.4 is 0 Å². The van der Waals surface area contributed by atoms with Crippen LogP contribution in [0.25, 0.3) is 6.08 Å². The summed E-state index contributed by atoms with van der Waals surface area (Å²) in [6.07, 6.45) is 8.42. The van der Waals surface area contributed by atoms with E-state index in [9.17, 15) is 0 Å². The third kappa shape index (κ3) is 4.28. The standard InChI is InChI=1S/C17H21N3O/c1-2-6-16(7-3-1)8-4-10-19-12-13-21-17(14-19)15-20-11-5-9-18-20/h1-9,11,17H,10,12-15H2/b8-4+/t17-/m1/s1. The number of benzene rings is 1. The Kier molecular flexibility index (Phi) is 4.82. The largest absolute Gasteiger partial charge is 0.374 e. The molecule has 1 fully saturated rings. The van der Waals surface area contributed by atoms with Crippen LogP contribution in [-0.4, -0.2) is 47.0 Å². The Morgan fingerprint density at radius 1 is 1.24 bits per heavy atom. The Hall–Kier alpha value is -1.91. The maximum absolute atomic E-state index is 5.82. The lowest BCUT2D eigenvalue weighted by atomic mass is 10.2. The second-order valence-corrected chi connectivity index (χ2v) is 5.29. The van der Waals surface area contributed by atoms with Gasteiger partial charge >= 0.3 is 0 Å². The lowest BCUT2D eigenvalue weighted by Crippen LogP contribution is -2.44. The fraction of sp³-hybridized carbons (Fsp3) is 0.353. The lowest BCUT2D eigenvalue weighted by Gasteiger charge is -2.32. The molecule has 0 N–H and O–H groups in total. The van der Waals surface area contributed by atoms with E-state index in [0.717, 1.165) is 32.8 Å². The van der Waals surface area contributed by atoms with Crippen molar-refractivity contribution in [2.45, 2.75) is 12.6 Å². The predicted molar refractivity (Wildman–Crippen MR) is 83.9 cm³/mol. The fourth-order valence-electron chi connectivity index (χ4n) is 2.58. The molecule has 0 amide bonds. The quantitative estimate of drug-likeness (QED) is 0.843. The molecule has 1 aromatic heterocycles. The highest BCUT2D eigenvalue weighted by Gasteiger charge is 2.19. The van der Waals surface area contributed by atoms with Gasteiger partial charge in [-0.3, -0.25) is 9.58 Å². The smallest absolute Gasteiger partial charge is 0.0898 e. The van der Waals surface area contributed by atoms with Crippen LogP contribution in [-0.2, 0) is 11.3 Å². The number of ether oxygens (including phenoxy) is 1. The lowest BCUT2D eigenvalue weighted by molar-refractivity contribution is -0.0337. The van der Waals surface area contributed by atoms with Gasteiger partial charge in [-0.1, -0.05) is 42.5 Å². The van der Waals surface area contributed by atoms with E-state index in [1.165, 1.54) is 5.56 Å². The summed E-state index contributed by atoms with van der Waals surface area (Å²) in [5, 5.41) is 4.24. The van der Waals surface area contributed by atoms with E-state index < -0.39 is 0 Å². The summed E-state index contributed by atoms with van der Waals surface area (Å²) in [4.78, 5) is 2.43. The summed E-state index contributed by atoms with van der Waals surface area (Å²) < 4.78 is 7.76. The SMILES string of the molecule is C(=C\c1ccccc1)/CN1CCO[C@@H](Cn2cccn2)C1. The summed E-state index contributed by atoms with van der Waals surface area (Å²) in [6, 6.07) is 12.4. The molecule has 0 radical (unpaired) electrons. The van der Waals surface area contributed by atoms with Crippen molar-refractivity contribution in [3.63, 3.8) is 0 Å². The molecule has 1 aromatic carbocycles. The molecule has 2 aromatic rings. The van der Waals surface area contributed by atoms with Crippen LogP contribution in [0, 0.1) is 0 Å². The maximum Gasteiger partial charge on any atom is 0.0898 e. The first-order valence-electron chi connectivity index (χ1n) is 7.43. The molecule has 3 rings (SSSR count). The van der Waals surface area contributed by atoms with Crippen LogP contribution in [0.4, 0.5) is 0 Å². The first-order valence-corrected chi connectivity index (χ1v) is 7.43. The molecule has 0 saturated carbocycles. The Labute approximate surface area is 125 Å². The molecule has 1 atom stereocenters. The van der Waals surface area contributed by atoms with Crippen molar-refractivity contribution in [2.75, 3.05) is 26.2 Å². The van der Waals surface area contributed by atoms with Crippen LogP contribution in [0.2, 0.25) is 0 Å². The molecule has 1 aliphatic heterocycles. The molecule has 0 bridgehead atoms. The van der Waals surface area contributed by atoms with Gasteiger partial charge in [0, 0.05) is 32.0 Å². The molecule has 1 aliphatic rings. The minimum Gasteiger partial charge on any atom is -0.374 e. The third-order valence-corrected chi connectivity index (χ3v) is 3.65. The van der Waals surface area contributed by atoms with Gasteiger partial charge in [-0.15, -0.1) is 0 Å². The van der Waals surface area contributed by atoms with Crippen molar-refractivity contribution in [3.8, 4) is 0 Å². The number of rotatable bonds is 5. The van der Waals surface area contributed by atoms with Gasteiger partial charge in [-0.2, -0.15) is 5.10 Å². The molecular weight excluding hydrogens is 262 g/mol. The van der Waals surface area contributed by atoms with E-state index in [-0.39, 0.29) is 6.10 Å². The predicted octanol–water partition coefficient (Wildman–Crippen LogP) is 2.30. The number of hydrogen-bond donors (Lipinski definition) is 0. The summed E-state index contributed by atoms with van der Waals surface area (Å²) in [5.41, 5.74) is 1.25. The monoisotopic (exact) mass is 283 g/mol. The van der Waals surface area contributed by atoms with E-state index in [2.05, 4.69) is 46.4 Å². The Bertz CT molecular complexity index is 551. The molecule has 0 spiro atoms. The summed E-state index contributed by atoms with van der Waals surface area (Å²) >= 11 is 0. The van der Waals surface area contributed by atoms with Gasteiger partial charge in [0.1, 0.15) is 0 Å². The number of hydrogen-bond acceptors (Lipinski definition) is 3. The number of morpholine rings is 1. The Morgan fingerprint density at radius 3 is 2.95 bits per heavy atom. The number of nitrogens with zero attached hydrogens (tertiary/aromatic N) is 3. The molecule has 0 aliphatic carbocycles. The average molecular weight is 283 g/mol. The van der Waals surface area contributed by atoms with Gasteiger partial charge in [0.2, 0.25) is 0 Å². The maximum atomic E-state index is 5.82. The van der Waals surface area contributed by atoms with Gasteiger partial charge in [0.05, 0.1) is 19.3 Å². The summed E-state index contributed by atoms with van der Waals surface area (Å²) in [7, 11) is 0. The van der Waals surface area contributed by atoms with E-state index >= 15 is 0 Å². The normalized spacial score (nSPS) is 20.1. The van der Waals surface area contributed by atoms with Crippen molar-refractivity contribution in [1.29, 1.82) is 0 Å². The summed E-state index contributed by atoms with van der Waals surface area (Å²) in [6.45, 7) is 4.54. The molecule has 1 saturated heterocycles. The zero-order chi connectivity index (χ0) is 14.3. The Balaban J connectivity index is 1.48. The van der Waals surface area contributed by atoms with Crippen LogP contribution in [0.1, 0.15) is 5.56 Å². The molecule has 21 heavy (non-hydrogen) atoms. The molecule has 0 unspecified atom stereocenters. The van der Waals surface area contributed by atoms with Crippen LogP contribution >= 0.6 is 0 Å². The van der Waals surface area contributed by atoms with Gasteiger partial charge in [0.15, 0.2) is 0 Å². The fourth-order valence-corrected chi connectivity index (χ4v) is 2.58. The van der Waals surface area contributed by atoms with Gasteiger partial charge in [0.25, 0.3) is 0 Å². The van der Waals surface area contributed by atoms with Crippen molar-refractivity contribution >= 4 is 6.08 Å². The van der Waals surface area contributed by atoms with Crippen molar-refractivity contribution in [2.24, 2.45) is 0 Å². The van der Waals surface area contributed by atoms with E-state index in [1.54, 1.807) is 0 Å². The van der Waals surface area contributed by atoms with E-state index in [4.69, 9.17) is 4.74 Å². The average Bonchev–Trinajstić information content (AvgIpc) is 3.02. The second kappa shape index (κ2) is 7.20. The minimum atomic E-state index is 0.226. The zero-order valence-corrected chi connectivity index (χ0v) is 12.1. The second-order valence-electron chi connectivity index (χ2n) is 5.29. The van der Waals surface area contributed by atoms with Gasteiger partial charge in [-0.05, 0) is 11.6 Å². The first kappa shape index (κ1) is 14.0. The summed E-state index contributed by atoms with van der Waals surface area (Å²) in [5.74, 6) is 0. The highest BCUT2D eigenvalue weighted by Crippen LogP contribution is 2.08. The molecule has 4 heteroatoms. The van der Waals surface area contributed by atoms with Crippen molar-refractivity contribution in [3.05, 3.63) is 60.4 Å². The molecule has 4 nitrogen and oxygen atoms in total. The van der Waals surface area contributed by atoms with Crippen LogP contribution in [0.3, 0.4) is 0 Å². The van der Waals surface area contributed by atoms with Crippen LogP contribution in [0.15, 0.2) is 54.9 Å². The van der Waals surface area contributed by atoms with Crippen molar-refractivity contribution < 1.29 is 4.74 Å². The highest BCUT2D eigenvalue weighted by atomic mass is 16.5. The van der Waals surface area contributed by atoms with Crippen LogP contribution in [0.5, 0.6) is 0 Å².